The number of nitrogens with one attached hydrogen (secondary N) is 1. The summed E-state index contributed by atoms with van der Waals surface area (Å²) in [5, 5.41) is 11.9. The predicted octanol–water partition coefficient (Wildman–Crippen LogP) is 3.25. The number of benzene rings is 1. The first-order valence-electron chi connectivity index (χ1n) is 7.65. The summed E-state index contributed by atoms with van der Waals surface area (Å²) in [4.78, 5) is 23.1. The molecule has 0 aliphatic rings. The van der Waals surface area contributed by atoms with Gasteiger partial charge >= 0.3 is 5.97 Å². The van der Waals surface area contributed by atoms with Crippen molar-refractivity contribution in [2.45, 2.75) is 33.1 Å². The predicted molar refractivity (Wildman–Crippen MR) is 92.6 cm³/mol. The van der Waals surface area contributed by atoms with Crippen LogP contribution in [0.25, 0.3) is 0 Å². The lowest BCUT2D eigenvalue weighted by Gasteiger charge is -2.15. The van der Waals surface area contributed by atoms with E-state index in [1.165, 1.54) is 0 Å². The van der Waals surface area contributed by atoms with Gasteiger partial charge in [-0.2, -0.15) is 0 Å². The number of aryl methyl sites for hydroxylation is 1. The Bertz CT molecular complexity index is 545. The van der Waals surface area contributed by atoms with E-state index in [2.05, 4.69) is 21.2 Å². The molecular weight excluding hydrogens is 362 g/mol. The van der Waals surface area contributed by atoms with Gasteiger partial charge in [-0.15, -0.1) is 0 Å². The summed E-state index contributed by atoms with van der Waals surface area (Å²) >= 11 is 3.41. The molecule has 1 atom stereocenters. The molecule has 0 heterocycles. The van der Waals surface area contributed by atoms with Crippen molar-refractivity contribution in [1.29, 1.82) is 0 Å². The first kappa shape index (κ1) is 19.5. The van der Waals surface area contributed by atoms with Crippen molar-refractivity contribution in [3.05, 3.63) is 28.2 Å². The van der Waals surface area contributed by atoms with Crippen molar-refractivity contribution in [1.82, 2.24) is 5.32 Å². The second-order valence-corrected chi connectivity index (χ2v) is 6.79. The molecule has 1 aromatic rings. The zero-order valence-corrected chi connectivity index (χ0v) is 15.4. The summed E-state index contributed by atoms with van der Waals surface area (Å²) in [5.41, 5.74) is 1.02. The molecule has 2 N–H and O–H groups in total. The van der Waals surface area contributed by atoms with Gasteiger partial charge in [0.05, 0.1) is 17.5 Å². The molecule has 23 heavy (non-hydrogen) atoms. The Morgan fingerprint density at radius 1 is 1.35 bits per heavy atom. The number of rotatable bonds is 9. The van der Waals surface area contributed by atoms with E-state index in [-0.39, 0.29) is 18.4 Å². The van der Waals surface area contributed by atoms with Crippen LogP contribution in [0.15, 0.2) is 22.7 Å². The molecule has 1 rings (SSSR count). The maximum Gasteiger partial charge on any atom is 0.308 e. The monoisotopic (exact) mass is 385 g/mol. The first-order valence-corrected chi connectivity index (χ1v) is 8.44. The summed E-state index contributed by atoms with van der Waals surface area (Å²) in [6.45, 7) is 4.12. The van der Waals surface area contributed by atoms with Crippen LogP contribution in [0, 0.1) is 11.8 Å². The second-order valence-electron chi connectivity index (χ2n) is 5.94. The molecular formula is C17H24BrNO4. The second kappa shape index (κ2) is 9.55. The molecule has 0 aliphatic carbocycles. The van der Waals surface area contributed by atoms with Gasteiger partial charge in [-0.1, -0.05) is 19.9 Å². The molecule has 128 valence electrons. The highest BCUT2D eigenvalue weighted by Gasteiger charge is 2.19. The zero-order chi connectivity index (χ0) is 17.4. The number of hydrogen-bond donors (Lipinski definition) is 2. The lowest BCUT2D eigenvalue weighted by atomic mass is 9.97. The van der Waals surface area contributed by atoms with Gasteiger partial charge in [0.1, 0.15) is 5.75 Å². The molecule has 0 saturated carbocycles. The Morgan fingerprint density at radius 3 is 2.57 bits per heavy atom. The topological polar surface area (TPSA) is 75.6 Å². The molecule has 1 amide bonds. The summed E-state index contributed by atoms with van der Waals surface area (Å²) in [5.74, 6) is -0.500. The van der Waals surface area contributed by atoms with E-state index in [9.17, 15) is 9.59 Å². The van der Waals surface area contributed by atoms with Crippen LogP contribution in [0.4, 0.5) is 0 Å². The van der Waals surface area contributed by atoms with Gasteiger partial charge in [-0.25, -0.2) is 0 Å². The normalized spacial score (nSPS) is 12.0. The van der Waals surface area contributed by atoms with E-state index in [1.807, 2.05) is 32.0 Å². The number of carboxylic acids is 1. The molecule has 1 aromatic carbocycles. The van der Waals surface area contributed by atoms with Gasteiger partial charge in [0, 0.05) is 13.0 Å². The maximum atomic E-state index is 11.9. The van der Waals surface area contributed by atoms with Gasteiger partial charge in [-0.05, 0) is 52.4 Å². The summed E-state index contributed by atoms with van der Waals surface area (Å²) < 4.78 is 6.01. The number of halogens is 1. The van der Waals surface area contributed by atoms with E-state index in [0.29, 0.717) is 19.3 Å². The fourth-order valence-electron chi connectivity index (χ4n) is 2.29. The lowest BCUT2D eigenvalue weighted by molar-refractivity contribution is -0.142. The number of carboxylic acid groups (broad SMARTS) is 1. The van der Waals surface area contributed by atoms with Crippen molar-refractivity contribution < 1.29 is 19.4 Å². The molecule has 0 aromatic heterocycles. The van der Waals surface area contributed by atoms with Crippen LogP contribution in [-0.4, -0.2) is 30.6 Å². The number of carbonyl (C=O) groups excluding carboxylic acids is 1. The highest BCUT2D eigenvalue weighted by atomic mass is 79.9. The Kier molecular flexibility index (Phi) is 8.09. The van der Waals surface area contributed by atoms with Crippen molar-refractivity contribution in [2.24, 2.45) is 11.8 Å². The standard InChI is InChI=1S/C17H24BrNO4/c1-11(2)8-13(17(21)22)10-19-16(20)7-5-12-4-6-15(23-3)14(18)9-12/h4,6,9,11,13H,5,7-8,10H2,1-3H3,(H,19,20)(H,21,22). The Morgan fingerprint density at radius 2 is 2.04 bits per heavy atom. The minimum Gasteiger partial charge on any atom is -0.496 e. The van der Waals surface area contributed by atoms with E-state index >= 15 is 0 Å². The maximum absolute atomic E-state index is 11.9. The third-order valence-electron chi connectivity index (χ3n) is 3.51. The number of ether oxygens (including phenoxy) is 1. The van der Waals surface area contributed by atoms with Gasteiger partial charge in [0.25, 0.3) is 0 Å². The average molecular weight is 386 g/mol. The first-order chi connectivity index (χ1) is 10.8. The minimum absolute atomic E-state index is 0.132. The van der Waals surface area contributed by atoms with Crippen LogP contribution in [0.1, 0.15) is 32.3 Å². The fourth-order valence-corrected chi connectivity index (χ4v) is 2.88. The van der Waals surface area contributed by atoms with Crippen LogP contribution < -0.4 is 10.1 Å². The number of methoxy groups -OCH3 is 1. The van der Waals surface area contributed by atoms with Crippen molar-refractivity contribution in [3.63, 3.8) is 0 Å². The lowest BCUT2D eigenvalue weighted by Crippen LogP contribution is -2.33. The number of carbonyl (C=O) groups is 2. The highest BCUT2D eigenvalue weighted by molar-refractivity contribution is 9.10. The third-order valence-corrected chi connectivity index (χ3v) is 4.13. The van der Waals surface area contributed by atoms with E-state index < -0.39 is 11.9 Å². The quantitative estimate of drug-likeness (QED) is 0.683. The summed E-state index contributed by atoms with van der Waals surface area (Å²) in [6, 6.07) is 5.68. The van der Waals surface area contributed by atoms with E-state index in [4.69, 9.17) is 9.84 Å². The Labute approximate surface area is 145 Å². The van der Waals surface area contributed by atoms with Crippen molar-refractivity contribution in [3.8, 4) is 5.75 Å². The molecule has 0 aliphatic heterocycles. The van der Waals surface area contributed by atoms with E-state index in [0.717, 1.165) is 15.8 Å². The van der Waals surface area contributed by atoms with Gasteiger partial charge in [0.15, 0.2) is 0 Å². The summed E-state index contributed by atoms with van der Waals surface area (Å²) in [7, 11) is 1.60. The van der Waals surface area contributed by atoms with Crippen LogP contribution in [0.5, 0.6) is 5.75 Å². The average Bonchev–Trinajstić information content (AvgIpc) is 2.48. The molecule has 0 saturated heterocycles. The van der Waals surface area contributed by atoms with Crippen molar-refractivity contribution in [2.75, 3.05) is 13.7 Å². The Balaban J connectivity index is 2.44. The van der Waals surface area contributed by atoms with Gasteiger partial charge in [-0.3, -0.25) is 9.59 Å². The fraction of sp³-hybridized carbons (Fsp3) is 0.529. The van der Waals surface area contributed by atoms with Gasteiger partial charge < -0.3 is 15.2 Å². The zero-order valence-electron chi connectivity index (χ0n) is 13.8. The number of aliphatic carboxylic acids is 1. The smallest absolute Gasteiger partial charge is 0.308 e. The van der Waals surface area contributed by atoms with Crippen LogP contribution in [0.2, 0.25) is 0 Å². The number of hydrogen-bond acceptors (Lipinski definition) is 3. The van der Waals surface area contributed by atoms with Crippen LogP contribution >= 0.6 is 15.9 Å². The van der Waals surface area contributed by atoms with Crippen LogP contribution in [-0.2, 0) is 16.0 Å². The SMILES string of the molecule is COc1ccc(CCC(=O)NCC(CC(C)C)C(=O)O)cc1Br. The van der Waals surface area contributed by atoms with E-state index in [1.54, 1.807) is 7.11 Å². The minimum atomic E-state index is -0.863. The van der Waals surface area contributed by atoms with Crippen molar-refractivity contribution >= 4 is 27.8 Å². The largest absolute Gasteiger partial charge is 0.496 e. The third kappa shape index (κ3) is 7.03. The number of amides is 1. The van der Waals surface area contributed by atoms with Gasteiger partial charge in [0.2, 0.25) is 5.91 Å². The molecule has 0 fully saturated rings. The Hall–Kier alpha value is -1.56. The summed E-state index contributed by atoms with van der Waals surface area (Å²) in [6.07, 6.45) is 1.48. The molecule has 6 heteroatoms. The highest BCUT2D eigenvalue weighted by Crippen LogP contribution is 2.25. The van der Waals surface area contributed by atoms with Crippen LogP contribution in [0.3, 0.4) is 0 Å². The molecule has 1 unspecified atom stereocenters. The molecule has 5 nitrogen and oxygen atoms in total. The molecule has 0 radical (unpaired) electrons. The molecule has 0 spiro atoms. The molecule has 0 bridgehead atoms.